The van der Waals surface area contributed by atoms with E-state index in [1.54, 1.807) is 0 Å². The fourth-order valence-electron chi connectivity index (χ4n) is 6.14. The molecule has 0 saturated heterocycles. The topological polar surface area (TPSA) is 89.3 Å². The summed E-state index contributed by atoms with van der Waals surface area (Å²) in [6, 6.07) is 25.2. The second-order valence-electron chi connectivity index (χ2n) is 10.8. The van der Waals surface area contributed by atoms with Gasteiger partial charge in [0.05, 0.1) is 51.2 Å². The number of hydrogen-bond acceptors (Lipinski definition) is 4. The highest BCUT2D eigenvalue weighted by Gasteiger charge is 2.38. The van der Waals surface area contributed by atoms with Crippen molar-refractivity contribution in [2.45, 2.75) is 77.4 Å². The largest absolute Gasteiger partial charge is 0.341 e. The van der Waals surface area contributed by atoms with Crippen LogP contribution in [0.15, 0.2) is 72.8 Å². The normalized spacial score (nSPS) is 14.4. The number of imidazole rings is 3. The zero-order valence-corrected chi connectivity index (χ0v) is 23.7. The first-order valence-corrected chi connectivity index (χ1v) is 14.8. The molecule has 0 aliphatic rings. The summed E-state index contributed by atoms with van der Waals surface area (Å²) in [4.78, 5) is 29.2. The van der Waals surface area contributed by atoms with E-state index in [0.717, 1.165) is 89.1 Å². The molecule has 3 aromatic carbocycles. The van der Waals surface area contributed by atoms with Crippen LogP contribution in [-0.2, 0) is 0 Å². The Morgan fingerprint density at radius 3 is 1.07 bits per heavy atom. The van der Waals surface area contributed by atoms with Crippen LogP contribution in [0.3, 0.4) is 0 Å². The van der Waals surface area contributed by atoms with Crippen LogP contribution in [0.25, 0.3) is 33.1 Å². The molecule has 6 rings (SSSR count). The van der Waals surface area contributed by atoms with Crippen molar-refractivity contribution < 1.29 is 0 Å². The van der Waals surface area contributed by atoms with Crippen LogP contribution in [0.4, 0.5) is 0 Å². The van der Waals surface area contributed by atoms with Crippen molar-refractivity contribution in [1.29, 1.82) is 0 Å². The van der Waals surface area contributed by atoms with Crippen LogP contribution < -0.4 is 0 Å². The number of benzene rings is 3. The van der Waals surface area contributed by atoms with E-state index in [0.29, 0.717) is 0 Å². The summed E-state index contributed by atoms with van der Waals surface area (Å²) in [5.41, 5.74) is 6.24. The average Bonchev–Trinajstić information content (AvgIpc) is 3.71. The summed E-state index contributed by atoms with van der Waals surface area (Å²) in [5.74, 6) is 3.03. The zero-order chi connectivity index (χ0) is 27.5. The third-order valence-corrected chi connectivity index (χ3v) is 7.94. The molecule has 7 heteroatoms. The molecule has 0 bridgehead atoms. The van der Waals surface area contributed by atoms with Gasteiger partial charge in [-0.25, -0.2) is 15.0 Å². The van der Waals surface area contributed by atoms with Crippen molar-refractivity contribution >= 4 is 33.1 Å². The minimum absolute atomic E-state index is 0.0620. The number of hydrogen-bond donors (Lipinski definition) is 3. The van der Waals surface area contributed by atoms with Crippen molar-refractivity contribution in [3.05, 3.63) is 90.3 Å². The Morgan fingerprint density at radius 2 is 0.800 bits per heavy atom. The first-order chi connectivity index (χ1) is 19.7. The molecule has 40 heavy (non-hydrogen) atoms. The van der Waals surface area contributed by atoms with Gasteiger partial charge in [-0.1, -0.05) is 76.4 Å². The lowest BCUT2D eigenvalue weighted by Crippen LogP contribution is -2.38. The summed E-state index contributed by atoms with van der Waals surface area (Å²) in [5, 5.41) is 0. The Hall–Kier alpha value is -3.97. The maximum Gasteiger partial charge on any atom is 0.124 e. The number of aromatic nitrogens is 6. The highest BCUT2D eigenvalue weighted by Crippen LogP contribution is 2.43. The summed E-state index contributed by atoms with van der Waals surface area (Å²) >= 11 is 0. The Bertz CT molecular complexity index is 1390. The molecule has 3 N–H and O–H groups in total. The van der Waals surface area contributed by atoms with Gasteiger partial charge in [0.2, 0.25) is 0 Å². The van der Waals surface area contributed by atoms with Crippen LogP contribution in [0, 0.1) is 0 Å². The summed E-state index contributed by atoms with van der Waals surface area (Å²) in [6.45, 7) is 6.79. The summed E-state index contributed by atoms with van der Waals surface area (Å²) in [6.07, 6.45) is 6.03. The van der Waals surface area contributed by atoms with Gasteiger partial charge in [0, 0.05) is 0 Å². The van der Waals surface area contributed by atoms with Crippen molar-refractivity contribution in [3.63, 3.8) is 0 Å². The second kappa shape index (κ2) is 11.6. The number of para-hydroxylation sites is 6. The van der Waals surface area contributed by atoms with Gasteiger partial charge in [0.1, 0.15) is 17.5 Å². The molecule has 206 valence electrons. The van der Waals surface area contributed by atoms with Gasteiger partial charge in [-0.2, -0.15) is 0 Å². The smallest absolute Gasteiger partial charge is 0.124 e. The van der Waals surface area contributed by atoms with E-state index in [2.05, 4.69) is 113 Å². The summed E-state index contributed by atoms with van der Waals surface area (Å²) in [7, 11) is 0. The molecule has 0 radical (unpaired) electrons. The molecule has 7 nitrogen and oxygen atoms in total. The molecule has 3 atom stereocenters. The molecule has 0 aliphatic heterocycles. The third-order valence-electron chi connectivity index (χ3n) is 7.94. The monoisotopic (exact) mass is 533 g/mol. The van der Waals surface area contributed by atoms with E-state index in [1.165, 1.54) is 0 Å². The number of H-pyrrole nitrogens is 3. The van der Waals surface area contributed by atoms with Crippen molar-refractivity contribution in [1.82, 2.24) is 34.8 Å². The van der Waals surface area contributed by atoms with Gasteiger partial charge in [-0.15, -0.1) is 0 Å². The first-order valence-electron chi connectivity index (χ1n) is 14.8. The molecule has 3 unspecified atom stereocenters. The standard InChI is InChI=1S/C33H39N7/c1-4-13-28(31-34-22-16-7-8-17-23(22)35-31)40(29(14-5-2)32-36-24-18-9-10-19-25(24)37-32)30(15-6-3)33-38-26-20-11-12-21-27(26)39-33/h7-12,16-21,28-30H,4-6,13-15H2,1-3H3,(H,34,35)(H,36,37)(H,38,39). The molecule has 0 aliphatic carbocycles. The summed E-state index contributed by atoms with van der Waals surface area (Å²) < 4.78 is 0. The van der Waals surface area contributed by atoms with Gasteiger partial charge >= 0.3 is 0 Å². The Kier molecular flexibility index (Phi) is 7.64. The number of aromatic amines is 3. The minimum Gasteiger partial charge on any atom is -0.341 e. The average molecular weight is 534 g/mol. The molecule has 3 heterocycles. The van der Waals surface area contributed by atoms with Gasteiger partial charge in [0.15, 0.2) is 0 Å². The van der Waals surface area contributed by atoms with Crippen LogP contribution in [-0.4, -0.2) is 34.8 Å². The lowest BCUT2D eigenvalue weighted by atomic mass is 9.97. The molecular formula is C33H39N7. The predicted octanol–water partition coefficient (Wildman–Crippen LogP) is 8.54. The number of rotatable bonds is 12. The van der Waals surface area contributed by atoms with Crippen LogP contribution in [0.1, 0.15) is 94.9 Å². The molecule has 0 saturated carbocycles. The van der Waals surface area contributed by atoms with Crippen LogP contribution >= 0.6 is 0 Å². The van der Waals surface area contributed by atoms with Crippen LogP contribution in [0.2, 0.25) is 0 Å². The van der Waals surface area contributed by atoms with Crippen molar-refractivity contribution in [3.8, 4) is 0 Å². The van der Waals surface area contributed by atoms with Gasteiger partial charge in [-0.05, 0) is 55.7 Å². The molecule has 0 fully saturated rings. The van der Waals surface area contributed by atoms with E-state index in [-0.39, 0.29) is 18.1 Å². The second-order valence-corrected chi connectivity index (χ2v) is 10.8. The Morgan fingerprint density at radius 1 is 0.500 bits per heavy atom. The highest BCUT2D eigenvalue weighted by molar-refractivity contribution is 5.76. The lowest BCUT2D eigenvalue weighted by molar-refractivity contribution is 0.0466. The third kappa shape index (κ3) is 5.02. The van der Waals surface area contributed by atoms with E-state index < -0.39 is 0 Å². The first kappa shape index (κ1) is 26.3. The fourth-order valence-corrected chi connectivity index (χ4v) is 6.14. The van der Waals surface area contributed by atoms with Crippen molar-refractivity contribution in [2.24, 2.45) is 0 Å². The van der Waals surface area contributed by atoms with E-state index in [9.17, 15) is 0 Å². The Balaban J connectivity index is 1.55. The predicted molar refractivity (Wildman–Crippen MR) is 163 cm³/mol. The minimum atomic E-state index is 0.0620. The fraction of sp³-hybridized carbons (Fsp3) is 0.364. The maximum absolute atomic E-state index is 5.15. The molecule has 0 amide bonds. The van der Waals surface area contributed by atoms with E-state index >= 15 is 0 Å². The van der Waals surface area contributed by atoms with Gasteiger partial charge in [0.25, 0.3) is 0 Å². The van der Waals surface area contributed by atoms with Gasteiger partial charge < -0.3 is 15.0 Å². The Labute approximate surface area is 235 Å². The SMILES string of the molecule is CCCC(c1nc2ccccc2[nH]1)N(C(CCC)c1nc2ccccc2[nH]1)C(CCC)c1nc2ccccc2[nH]1. The molecular weight excluding hydrogens is 494 g/mol. The lowest BCUT2D eigenvalue weighted by Gasteiger charge is -2.41. The highest BCUT2D eigenvalue weighted by atomic mass is 15.3. The zero-order valence-electron chi connectivity index (χ0n) is 23.7. The molecule has 6 aromatic rings. The van der Waals surface area contributed by atoms with Gasteiger partial charge in [-0.3, -0.25) is 4.90 Å². The molecule has 3 aromatic heterocycles. The van der Waals surface area contributed by atoms with E-state index in [4.69, 9.17) is 15.0 Å². The van der Waals surface area contributed by atoms with Crippen molar-refractivity contribution in [2.75, 3.05) is 0 Å². The maximum atomic E-state index is 5.15. The number of nitrogens with zero attached hydrogens (tertiary/aromatic N) is 4. The van der Waals surface area contributed by atoms with E-state index in [1.807, 2.05) is 0 Å². The quantitative estimate of drug-likeness (QED) is 0.147. The number of fused-ring (bicyclic) bond motifs is 3. The molecule has 0 spiro atoms. The van der Waals surface area contributed by atoms with Crippen LogP contribution in [0.5, 0.6) is 0 Å². The number of nitrogens with one attached hydrogen (secondary N) is 3.